The Morgan fingerprint density at radius 3 is 3.00 bits per heavy atom. The van der Waals surface area contributed by atoms with Gasteiger partial charge >= 0.3 is 0 Å². The Bertz CT molecular complexity index is 485. The predicted molar refractivity (Wildman–Crippen MR) is 67.5 cm³/mol. The van der Waals surface area contributed by atoms with Crippen molar-refractivity contribution < 1.29 is 0 Å². The molecule has 0 aromatic carbocycles. The minimum absolute atomic E-state index is 0.405. The average molecular weight is 233 g/mol. The molecule has 2 N–H and O–H groups in total. The Morgan fingerprint density at radius 2 is 2.25 bits per heavy atom. The molecule has 2 aromatic heterocycles. The lowest BCUT2D eigenvalue weighted by Crippen LogP contribution is -2.23. The van der Waals surface area contributed by atoms with E-state index in [4.69, 9.17) is 5.73 Å². The molecule has 4 heteroatoms. The SMILES string of the molecule is NC1CCC(=Cc2cn3ccsc3n2)CC1. The Kier molecular flexibility index (Phi) is 2.53. The molecule has 0 spiro atoms. The van der Waals surface area contributed by atoms with Gasteiger partial charge in [-0.1, -0.05) is 5.57 Å². The van der Waals surface area contributed by atoms with Gasteiger partial charge in [-0.3, -0.25) is 4.40 Å². The van der Waals surface area contributed by atoms with Gasteiger partial charge in [0.25, 0.3) is 0 Å². The number of thiazole rings is 1. The van der Waals surface area contributed by atoms with E-state index in [0.717, 1.165) is 36.3 Å². The van der Waals surface area contributed by atoms with Gasteiger partial charge in [0.15, 0.2) is 4.96 Å². The molecule has 0 bridgehead atoms. The van der Waals surface area contributed by atoms with Crippen molar-refractivity contribution in [3.63, 3.8) is 0 Å². The zero-order valence-corrected chi connectivity index (χ0v) is 9.91. The van der Waals surface area contributed by atoms with Crippen LogP contribution in [0.1, 0.15) is 31.4 Å². The number of hydrogen-bond donors (Lipinski definition) is 1. The summed E-state index contributed by atoms with van der Waals surface area (Å²) in [6.07, 6.45) is 10.9. The van der Waals surface area contributed by atoms with Gasteiger partial charge in [-0.2, -0.15) is 0 Å². The molecular weight excluding hydrogens is 218 g/mol. The molecule has 0 atom stereocenters. The van der Waals surface area contributed by atoms with E-state index in [1.165, 1.54) is 5.57 Å². The first-order valence-electron chi connectivity index (χ1n) is 5.68. The minimum Gasteiger partial charge on any atom is -0.328 e. The summed E-state index contributed by atoms with van der Waals surface area (Å²) in [6.45, 7) is 0. The lowest BCUT2D eigenvalue weighted by Gasteiger charge is -2.19. The van der Waals surface area contributed by atoms with Crippen molar-refractivity contribution >= 4 is 22.4 Å². The summed E-state index contributed by atoms with van der Waals surface area (Å²) in [6, 6.07) is 0.405. The molecule has 3 nitrogen and oxygen atoms in total. The standard InChI is InChI=1S/C12H15N3S/c13-10-3-1-9(2-4-10)7-11-8-15-5-6-16-12(15)14-11/h5-8,10H,1-4,13H2. The molecule has 1 aliphatic carbocycles. The van der Waals surface area contributed by atoms with E-state index in [2.05, 4.69) is 27.0 Å². The molecule has 0 aliphatic heterocycles. The van der Waals surface area contributed by atoms with Crippen LogP contribution in [0.15, 0.2) is 23.3 Å². The molecule has 84 valence electrons. The normalized spacial score (nSPS) is 21.6. The first-order chi connectivity index (χ1) is 7.81. The van der Waals surface area contributed by atoms with Crippen LogP contribution in [0.2, 0.25) is 0 Å². The van der Waals surface area contributed by atoms with Gasteiger partial charge in [0, 0.05) is 23.8 Å². The largest absolute Gasteiger partial charge is 0.328 e. The Balaban J connectivity index is 1.83. The molecule has 2 aromatic rings. The Hall–Kier alpha value is -1.13. The maximum atomic E-state index is 5.89. The lowest BCUT2D eigenvalue weighted by molar-refractivity contribution is 0.514. The molecule has 0 radical (unpaired) electrons. The molecule has 3 rings (SSSR count). The fourth-order valence-corrected chi connectivity index (χ4v) is 2.89. The maximum Gasteiger partial charge on any atom is 0.194 e. The van der Waals surface area contributed by atoms with E-state index in [1.54, 1.807) is 11.3 Å². The van der Waals surface area contributed by atoms with Crippen LogP contribution < -0.4 is 5.73 Å². The first-order valence-corrected chi connectivity index (χ1v) is 6.56. The van der Waals surface area contributed by atoms with Crippen LogP contribution in [-0.2, 0) is 0 Å². The van der Waals surface area contributed by atoms with Crippen molar-refractivity contribution in [3.05, 3.63) is 29.0 Å². The minimum atomic E-state index is 0.405. The topological polar surface area (TPSA) is 43.3 Å². The summed E-state index contributed by atoms with van der Waals surface area (Å²) in [7, 11) is 0. The number of aromatic nitrogens is 2. The second-order valence-corrected chi connectivity index (χ2v) is 5.27. The summed E-state index contributed by atoms with van der Waals surface area (Å²) in [5, 5.41) is 2.05. The van der Waals surface area contributed by atoms with Gasteiger partial charge in [-0.05, 0) is 31.8 Å². The smallest absolute Gasteiger partial charge is 0.194 e. The highest BCUT2D eigenvalue weighted by Crippen LogP contribution is 2.24. The monoisotopic (exact) mass is 233 g/mol. The van der Waals surface area contributed by atoms with Gasteiger partial charge in [0.2, 0.25) is 0 Å². The number of hydrogen-bond acceptors (Lipinski definition) is 3. The number of fused-ring (bicyclic) bond motifs is 1. The van der Waals surface area contributed by atoms with Crippen LogP contribution in [0, 0.1) is 0 Å². The highest BCUT2D eigenvalue weighted by molar-refractivity contribution is 7.15. The van der Waals surface area contributed by atoms with E-state index in [0.29, 0.717) is 6.04 Å². The third-order valence-corrected chi connectivity index (χ3v) is 3.91. The number of imidazole rings is 1. The second-order valence-electron chi connectivity index (χ2n) is 4.40. The van der Waals surface area contributed by atoms with Crippen LogP contribution in [0.4, 0.5) is 0 Å². The number of nitrogens with zero attached hydrogens (tertiary/aromatic N) is 2. The number of nitrogens with two attached hydrogens (primary N) is 1. The molecule has 1 saturated carbocycles. The molecule has 1 aliphatic rings. The van der Waals surface area contributed by atoms with Gasteiger partial charge < -0.3 is 5.73 Å². The van der Waals surface area contributed by atoms with Crippen molar-refractivity contribution in [2.75, 3.05) is 0 Å². The van der Waals surface area contributed by atoms with E-state index < -0.39 is 0 Å². The predicted octanol–water partition coefficient (Wildman–Crippen LogP) is 2.68. The fraction of sp³-hybridized carbons (Fsp3) is 0.417. The fourth-order valence-electron chi connectivity index (χ4n) is 2.18. The molecule has 16 heavy (non-hydrogen) atoms. The lowest BCUT2D eigenvalue weighted by atomic mass is 9.91. The van der Waals surface area contributed by atoms with Gasteiger partial charge in [-0.15, -0.1) is 11.3 Å². The molecular formula is C12H15N3S. The van der Waals surface area contributed by atoms with Crippen LogP contribution in [0.25, 0.3) is 11.0 Å². The van der Waals surface area contributed by atoms with Crippen molar-refractivity contribution in [1.29, 1.82) is 0 Å². The van der Waals surface area contributed by atoms with Crippen LogP contribution >= 0.6 is 11.3 Å². The van der Waals surface area contributed by atoms with Crippen LogP contribution in [0.3, 0.4) is 0 Å². The molecule has 2 heterocycles. The summed E-state index contributed by atoms with van der Waals surface area (Å²) < 4.78 is 2.08. The van der Waals surface area contributed by atoms with Crippen LogP contribution in [0.5, 0.6) is 0 Å². The van der Waals surface area contributed by atoms with Crippen molar-refractivity contribution in [1.82, 2.24) is 9.38 Å². The second kappa shape index (κ2) is 4.03. The summed E-state index contributed by atoms with van der Waals surface area (Å²) in [5.74, 6) is 0. The van der Waals surface area contributed by atoms with E-state index in [-0.39, 0.29) is 0 Å². The molecule has 0 amide bonds. The zero-order chi connectivity index (χ0) is 11.0. The van der Waals surface area contributed by atoms with Gasteiger partial charge in [-0.25, -0.2) is 4.98 Å². The van der Waals surface area contributed by atoms with E-state index in [9.17, 15) is 0 Å². The van der Waals surface area contributed by atoms with Crippen molar-refractivity contribution in [2.45, 2.75) is 31.7 Å². The molecule has 1 fully saturated rings. The maximum absolute atomic E-state index is 5.89. The number of rotatable bonds is 1. The highest BCUT2D eigenvalue weighted by atomic mass is 32.1. The van der Waals surface area contributed by atoms with Crippen molar-refractivity contribution in [3.8, 4) is 0 Å². The quantitative estimate of drug-likeness (QED) is 0.823. The van der Waals surface area contributed by atoms with Crippen LogP contribution in [-0.4, -0.2) is 15.4 Å². The van der Waals surface area contributed by atoms with E-state index >= 15 is 0 Å². The summed E-state index contributed by atoms with van der Waals surface area (Å²) in [5.41, 5.74) is 8.46. The van der Waals surface area contributed by atoms with Gasteiger partial charge in [0.05, 0.1) is 5.69 Å². The molecule has 0 saturated heterocycles. The van der Waals surface area contributed by atoms with Gasteiger partial charge in [0.1, 0.15) is 0 Å². The third-order valence-electron chi connectivity index (χ3n) is 3.14. The van der Waals surface area contributed by atoms with E-state index in [1.807, 2.05) is 6.20 Å². The zero-order valence-electron chi connectivity index (χ0n) is 9.10. The average Bonchev–Trinajstić information content (AvgIpc) is 2.81. The Morgan fingerprint density at radius 1 is 1.44 bits per heavy atom. The number of allylic oxidation sites excluding steroid dienone is 1. The highest BCUT2D eigenvalue weighted by Gasteiger charge is 2.12. The summed E-state index contributed by atoms with van der Waals surface area (Å²) in [4.78, 5) is 5.63. The van der Waals surface area contributed by atoms with Crippen molar-refractivity contribution in [2.24, 2.45) is 5.73 Å². The molecule has 0 unspecified atom stereocenters. The summed E-state index contributed by atoms with van der Waals surface area (Å²) >= 11 is 1.67. The third kappa shape index (κ3) is 1.90. The first kappa shape index (κ1) is 10.1. The Labute approximate surface area is 98.6 Å².